The van der Waals surface area contributed by atoms with Crippen molar-refractivity contribution in [1.82, 2.24) is 0 Å². The first-order chi connectivity index (χ1) is 10.8. The van der Waals surface area contributed by atoms with E-state index in [-0.39, 0.29) is 23.5 Å². The van der Waals surface area contributed by atoms with E-state index in [0.29, 0.717) is 5.56 Å². The molecule has 0 spiro atoms. The highest BCUT2D eigenvalue weighted by atomic mass is 19.1. The summed E-state index contributed by atoms with van der Waals surface area (Å²) in [6.45, 7) is 1.46. The molecule has 0 saturated heterocycles. The van der Waals surface area contributed by atoms with Crippen LogP contribution in [0.25, 0.3) is 0 Å². The van der Waals surface area contributed by atoms with Gasteiger partial charge in [0.25, 0.3) is 5.69 Å². The van der Waals surface area contributed by atoms with E-state index >= 15 is 0 Å². The molecular weight excluding hydrogens is 303 g/mol. The summed E-state index contributed by atoms with van der Waals surface area (Å²) in [5.74, 6) is -0.560. The number of nitro groups is 1. The Labute approximate surface area is 131 Å². The smallest absolute Gasteiger partial charge is 0.270 e. The van der Waals surface area contributed by atoms with Crippen molar-refractivity contribution in [2.45, 2.75) is 12.5 Å². The first-order valence-electron chi connectivity index (χ1n) is 6.75. The van der Waals surface area contributed by atoms with Crippen LogP contribution in [-0.4, -0.2) is 27.9 Å². The van der Waals surface area contributed by atoms with E-state index in [1.165, 1.54) is 55.6 Å². The molecular formula is C16H15FN2O4. The second-order valence-electron chi connectivity index (χ2n) is 5.25. The molecule has 2 aromatic rings. The van der Waals surface area contributed by atoms with Crippen molar-refractivity contribution >= 4 is 11.9 Å². The van der Waals surface area contributed by atoms with E-state index in [9.17, 15) is 24.7 Å². The monoisotopic (exact) mass is 318 g/mol. The maximum atomic E-state index is 12.9. The summed E-state index contributed by atoms with van der Waals surface area (Å²) in [4.78, 5) is 14.2. The fraction of sp³-hybridized carbons (Fsp3) is 0.188. The molecule has 2 rings (SSSR count). The third kappa shape index (κ3) is 4.10. The van der Waals surface area contributed by atoms with Crippen molar-refractivity contribution in [2.24, 2.45) is 4.99 Å². The summed E-state index contributed by atoms with van der Waals surface area (Å²) < 4.78 is 12.9. The topological polar surface area (TPSA) is 96.0 Å². The zero-order chi connectivity index (χ0) is 17.0. The van der Waals surface area contributed by atoms with E-state index in [1.54, 1.807) is 0 Å². The normalized spacial score (nSPS) is 13.9. The second kappa shape index (κ2) is 6.53. The fourth-order valence-corrected chi connectivity index (χ4v) is 1.98. The van der Waals surface area contributed by atoms with Crippen LogP contribution in [0.3, 0.4) is 0 Å². The number of phenolic OH excluding ortho intramolecular Hbond substituents is 1. The molecule has 1 unspecified atom stereocenters. The minimum Gasteiger partial charge on any atom is -0.507 e. The van der Waals surface area contributed by atoms with Crippen molar-refractivity contribution < 1.29 is 19.5 Å². The quantitative estimate of drug-likeness (QED) is 0.503. The van der Waals surface area contributed by atoms with Gasteiger partial charge in [-0.1, -0.05) is 12.1 Å². The van der Waals surface area contributed by atoms with Gasteiger partial charge in [-0.25, -0.2) is 4.39 Å². The molecule has 0 radical (unpaired) electrons. The van der Waals surface area contributed by atoms with Gasteiger partial charge in [-0.3, -0.25) is 15.1 Å². The summed E-state index contributed by atoms with van der Waals surface area (Å²) in [7, 11) is 0. The van der Waals surface area contributed by atoms with Gasteiger partial charge in [0.1, 0.15) is 17.2 Å². The third-order valence-corrected chi connectivity index (χ3v) is 3.32. The molecule has 0 aliphatic carbocycles. The molecule has 2 N–H and O–H groups in total. The van der Waals surface area contributed by atoms with Crippen LogP contribution in [0.1, 0.15) is 18.1 Å². The molecule has 0 fully saturated rings. The molecule has 0 amide bonds. The van der Waals surface area contributed by atoms with Crippen LogP contribution >= 0.6 is 0 Å². The molecule has 0 saturated carbocycles. The predicted octanol–water partition coefficient (Wildman–Crippen LogP) is 2.77. The molecule has 0 aliphatic rings. The number of phenols is 1. The number of nitro benzene ring substituents is 1. The van der Waals surface area contributed by atoms with E-state index in [4.69, 9.17) is 0 Å². The first-order valence-corrected chi connectivity index (χ1v) is 6.75. The SMILES string of the molecule is CC(O)(CN=Cc1cc([N+](=O)[O-])ccc1O)c1ccc(F)cc1. The first kappa shape index (κ1) is 16.6. The molecule has 7 heteroatoms. The van der Waals surface area contributed by atoms with E-state index in [1.807, 2.05) is 0 Å². The minimum atomic E-state index is -1.33. The number of aromatic hydroxyl groups is 1. The lowest BCUT2D eigenvalue weighted by molar-refractivity contribution is -0.384. The Kier molecular flexibility index (Phi) is 4.71. The highest BCUT2D eigenvalue weighted by Crippen LogP contribution is 2.23. The highest BCUT2D eigenvalue weighted by Gasteiger charge is 2.22. The Bertz CT molecular complexity index is 742. The number of rotatable bonds is 5. The van der Waals surface area contributed by atoms with Crippen LogP contribution in [-0.2, 0) is 5.60 Å². The zero-order valence-corrected chi connectivity index (χ0v) is 12.3. The largest absolute Gasteiger partial charge is 0.507 e. The lowest BCUT2D eigenvalue weighted by atomic mass is 9.96. The van der Waals surface area contributed by atoms with Gasteiger partial charge in [0.15, 0.2) is 0 Å². The lowest BCUT2D eigenvalue weighted by Crippen LogP contribution is -2.25. The number of non-ortho nitro benzene ring substituents is 1. The van der Waals surface area contributed by atoms with Crippen LogP contribution in [0.15, 0.2) is 47.5 Å². The summed E-state index contributed by atoms with van der Waals surface area (Å²) in [5, 5.41) is 30.8. The van der Waals surface area contributed by atoms with Gasteiger partial charge in [-0.15, -0.1) is 0 Å². The number of hydrogen-bond donors (Lipinski definition) is 2. The average Bonchev–Trinajstić information content (AvgIpc) is 2.49. The molecule has 120 valence electrons. The predicted molar refractivity (Wildman–Crippen MR) is 83.2 cm³/mol. The summed E-state index contributed by atoms with van der Waals surface area (Å²) in [6, 6.07) is 8.95. The maximum Gasteiger partial charge on any atom is 0.270 e. The van der Waals surface area contributed by atoms with Gasteiger partial charge in [-0.2, -0.15) is 0 Å². The number of aliphatic hydroxyl groups is 1. The number of aliphatic imine (C=N–C) groups is 1. The number of nitrogens with zero attached hydrogens (tertiary/aromatic N) is 2. The van der Waals surface area contributed by atoms with E-state index in [2.05, 4.69) is 4.99 Å². The van der Waals surface area contributed by atoms with Crippen LogP contribution in [0.5, 0.6) is 5.75 Å². The summed E-state index contributed by atoms with van der Waals surface area (Å²) >= 11 is 0. The second-order valence-corrected chi connectivity index (χ2v) is 5.25. The number of hydrogen-bond acceptors (Lipinski definition) is 5. The van der Waals surface area contributed by atoms with Crippen molar-refractivity contribution in [3.8, 4) is 5.75 Å². The van der Waals surface area contributed by atoms with Crippen molar-refractivity contribution in [3.63, 3.8) is 0 Å². The van der Waals surface area contributed by atoms with Crippen LogP contribution in [0.4, 0.5) is 10.1 Å². The summed E-state index contributed by atoms with van der Waals surface area (Å²) in [6.07, 6.45) is 1.25. The van der Waals surface area contributed by atoms with Crippen LogP contribution in [0, 0.1) is 15.9 Å². The Balaban J connectivity index is 2.16. The van der Waals surface area contributed by atoms with E-state index < -0.39 is 16.3 Å². The van der Waals surface area contributed by atoms with Crippen LogP contribution in [0.2, 0.25) is 0 Å². The minimum absolute atomic E-state index is 0.0548. The fourth-order valence-electron chi connectivity index (χ4n) is 1.98. The Hall–Kier alpha value is -2.80. The van der Waals surface area contributed by atoms with Gasteiger partial charge >= 0.3 is 0 Å². The van der Waals surface area contributed by atoms with Crippen LogP contribution < -0.4 is 0 Å². The molecule has 2 aromatic carbocycles. The molecule has 0 heterocycles. The molecule has 0 aliphatic heterocycles. The number of halogens is 1. The van der Waals surface area contributed by atoms with Gasteiger partial charge in [-0.05, 0) is 30.7 Å². The van der Waals surface area contributed by atoms with Crippen molar-refractivity contribution in [1.29, 1.82) is 0 Å². The van der Waals surface area contributed by atoms with Crippen molar-refractivity contribution in [3.05, 3.63) is 69.5 Å². The third-order valence-electron chi connectivity index (χ3n) is 3.32. The molecule has 6 nitrogen and oxygen atoms in total. The molecule has 0 aromatic heterocycles. The highest BCUT2D eigenvalue weighted by molar-refractivity contribution is 5.84. The lowest BCUT2D eigenvalue weighted by Gasteiger charge is -2.21. The maximum absolute atomic E-state index is 12.9. The molecule has 0 bridgehead atoms. The Morgan fingerprint density at radius 2 is 1.96 bits per heavy atom. The molecule has 1 atom stereocenters. The average molecular weight is 318 g/mol. The number of benzene rings is 2. The Morgan fingerprint density at radius 3 is 2.57 bits per heavy atom. The van der Waals surface area contributed by atoms with Gasteiger partial charge in [0, 0.05) is 23.9 Å². The summed E-state index contributed by atoms with van der Waals surface area (Å²) in [5.41, 5.74) is -0.844. The van der Waals surface area contributed by atoms with Gasteiger partial charge < -0.3 is 10.2 Å². The van der Waals surface area contributed by atoms with E-state index in [0.717, 1.165) is 0 Å². The zero-order valence-electron chi connectivity index (χ0n) is 12.3. The standard InChI is InChI=1S/C16H15FN2O4/c1-16(21,12-2-4-13(17)5-3-12)10-18-9-11-8-14(19(22)23)6-7-15(11)20/h2-9,20-21H,10H2,1H3. The van der Waals surface area contributed by atoms with Gasteiger partial charge in [0.2, 0.25) is 0 Å². The molecule has 23 heavy (non-hydrogen) atoms. The van der Waals surface area contributed by atoms with Crippen molar-refractivity contribution in [2.75, 3.05) is 6.54 Å². The Morgan fingerprint density at radius 1 is 1.30 bits per heavy atom. The van der Waals surface area contributed by atoms with Gasteiger partial charge in [0.05, 0.1) is 11.5 Å².